The quantitative estimate of drug-likeness (QED) is 0.855. The van der Waals surface area contributed by atoms with Gasteiger partial charge in [-0.15, -0.1) is 0 Å². The Morgan fingerprint density at radius 1 is 1.53 bits per heavy atom. The van der Waals surface area contributed by atoms with Crippen molar-refractivity contribution in [2.75, 3.05) is 6.61 Å². The minimum atomic E-state index is -1.30. The van der Waals surface area contributed by atoms with Crippen molar-refractivity contribution in [2.24, 2.45) is 5.41 Å². The van der Waals surface area contributed by atoms with E-state index in [1.807, 2.05) is 0 Å². The van der Waals surface area contributed by atoms with Gasteiger partial charge in [-0.1, -0.05) is 6.07 Å². The first-order chi connectivity index (χ1) is 8.83. The van der Waals surface area contributed by atoms with Gasteiger partial charge in [-0.25, -0.2) is 4.39 Å². The molecule has 0 saturated carbocycles. The zero-order valence-corrected chi connectivity index (χ0v) is 11.5. The molecule has 2 rings (SSSR count). The van der Waals surface area contributed by atoms with Crippen molar-refractivity contribution >= 4 is 5.97 Å². The lowest BCUT2D eigenvalue weighted by Crippen LogP contribution is -2.46. The molecule has 1 aromatic carbocycles. The van der Waals surface area contributed by atoms with Gasteiger partial charge in [0, 0.05) is 0 Å². The van der Waals surface area contributed by atoms with Crippen LogP contribution in [0.4, 0.5) is 4.39 Å². The third-order valence-electron chi connectivity index (χ3n) is 4.09. The molecule has 0 fully saturated rings. The van der Waals surface area contributed by atoms with Gasteiger partial charge in [-0.05, 0) is 56.9 Å². The zero-order chi connectivity index (χ0) is 14.3. The molecule has 1 N–H and O–H groups in total. The van der Waals surface area contributed by atoms with Crippen LogP contribution in [-0.4, -0.2) is 17.7 Å². The molecule has 1 atom stereocenters. The van der Waals surface area contributed by atoms with Gasteiger partial charge in [0.05, 0.1) is 12.0 Å². The molecule has 0 aromatic heterocycles. The Bertz CT molecular complexity index is 510. The first-order valence-corrected chi connectivity index (χ1v) is 6.51. The number of halogens is 1. The second kappa shape index (κ2) is 4.60. The van der Waals surface area contributed by atoms with Crippen molar-refractivity contribution in [3.05, 3.63) is 35.1 Å². The largest absolute Gasteiger partial charge is 0.465 e. The highest BCUT2D eigenvalue weighted by atomic mass is 19.1. The standard InChI is InChI=1S/C15H19FO3/c1-4-19-13(17)14(2,3)15(18)8-7-10-9-11(16)5-6-12(10)15/h5-6,9,18H,4,7-8H2,1-3H3. The van der Waals surface area contributed by atoms with E-state index in [2.05, 4.69) is 0 Å². The summed E-state index contributed by atoms with van der Waals surface area (Å²) in [5.74, 6) is -0.758. The summed E-state index contributed by atoms with van der Waals surface area (Å²) in [6.07, 6.45) is 0.962. The lowest BCUT2D eigenvalue weighted by atomic mass is 9.71. The number of carbonyl (C=O) groups is 1. The fourth-order valence-electron chi connectivity index (χ4n) is 2.75. The van der Waals surface area contributed by atoms with E-state index >= 15 is 0 Å². The molecule has 4 heteroatoms. The summed E-state index contributed by atoms with van der Waals surface area (Å²) in [4.78, 5) is 12.1. The number of benzene rings is 1. The Morgan fingerprint density at radius 2 is 2.21 bits per heavy atom. The number of hydrogen-bond donors (Lipinski definition) is 1. The van der Waals surface area contributed by atoms with E-state index in [1.54, 1.807) is 26.8 Å². The number of aliphatic hydroxyl groups is 1. The minimum Gasteiger partial charge on any atom is -0.465 e. The van der Waals surface area contributed by atoms with Crippen molar-refractivity contribution < 1.29 is 19.0 Å². The van der Waals surface area contributed by atoms with E-state index in [-0.39, 0.29) is 12.4 Å². The molecule has 0 amide bonds. The highest BCUT2D eigenvalue weighted by molar-refractivity contribution is 5.78. The fraction of sp³-hybridized carbons (Fsp3) is 0.533. The van der Waals surface area contributed by atoms with Crippen LogP contribution in [0.5, 0.6) is 0 Å². The summed E-state index contributed by atoms with van der Waals surface area (Å²) in [5, 5.41) is 10.9. The zero-order valence-electron chi connectivity index (χ0n) is 11.5. The number of rotatable bonds is 3. The summed E-state index contributed by atoms with van der Waals surface area (Å²) in [6, 6.07) is 4.31. The molecule has 19 heavy (non-hydrogen) atoms. The van der Waals surface area contributed by atoms with Crippen LogP contribution in [0.25, 0.3) is 0 Å². The molecular formula is C15H19FO3. The summed E-state index contributed by atoms with van der Waals surface area (Å²) < 4.78 is 18.3. The molecular weight excluding hydrogens is 247 g/mol. The second-order valence-corrected chi connectivity index (χ2v) is 5.51. The smallest absolute Gasteiger partial charge is 0.314 e. The van der Waals surface area contributed by atoms with Crippen LogP contribution < -0.4 is 0 Å². The van der Waals surface area contributed by atoms with Gasteiger partial charge in [-0.3, -0.25) is 4.79 Å². The Hall–Kier alpha value is -1.42. The van der Waals surface area contributed by atoms with Gasteiger partial charge >= 0.3 is 5.97 Å². The maximum atomic E-state index is 13.2. The second-order valence-electron chi connectivity index (χ2n) is 5.51. The van der Waals surface area contributed by atoms with Gasteiger partial charge in [0.1, 0.15) is 11.4 Å². The molecule has 0 spiro atoms. The van der Waals surface area contributed by atoms with Gasteiger partial charge in [0.25, 0.3) is 0 Å². The lowest BCUT2D eigenvalue weighted by molar-refractivity contribution is -0.172. The minimum absolute atomic E-state index is 0.272. The van der Waals surface area contributed by atoms with Crippen LogP contribution in [0.15, 0.2) is 18.2 Å². The van der Waals surface area contributed by atoms with E-state index in [9.17, 15) is 14.3 Å². The van der Waals surface area contributed by atoms with Crippen LogP contribution in [0, 0.1) is 11.2 Å². The average molecular weight is 266 g/mol. The fourth-order valence-corrected chi connectivity index (χ4v) is 2.75. The molecule has 0 heterocycles. The molecule has 1 aromatic rings. The molecule has 104 valence electrons. The summed E-state index contributed by atoms with van der Waals surface area (Å²) in [7, 11) is 0. The van der Waals surface area contributed by atoms with Crippen molar-refractivity contribution in [2.45, 2.75) is 39.2 Å². The SMILES string of the molecule is CCOC(=O)C(C)(C)C1(O)CCc2cc(F)ccc21. The summed E-state index contributed by atoms with van der Waals surface area (Å²) in [6.45, 7) is 5.34. The Morgan fingerprint density at radius 3 is 2.84 bits per heavy atom. The summed E-state index contributed by atoms with van der Waals surface area (Å²) >= 11 is 0. The first-order valence-electron chi connectivity index (χ1n) is 6.51. The topological polar surface area (TPSA) is 46.5 Å². The van der Waals surface area contributed by atoms with Crippen LogP contribution in [0.1, 0.15) is 38.3 Å². The van der Waals surface area contributed by atoms with E-state index in [1.165, 1.54) is 12.1 Å². The van der Waals surface area contributed by atoms with Crippen LogP contribution in [0.2, 0.25) is 0 Å². The number of hydrogen-bond acceptors (Lipinski definition) is 3. The van der Waals surface area contributed by atoms with Crippen molar-refractivity contribution in [1.82, 2.24) is 0 Å². The van der Waals surface area contributed by atoms with Crippen LogP contribution in [0.3, 0.4) is 0 Å². The van der Waals surface area contributed by atoms with Gasteiger partial charge in [0.2, 0.25) is 0 Å². The first kappa shape index (κ1) is 14.0. The van der Waals surface area contributed by atoms with Crippen molar-refractivity contribution in [3.8, 4) is 0 Å². The van der Waals surface area contributed by atoms with Crippen LogP contribution in [-0.2, 0) is 21.6 Å². The molecule has 1 aliphatic rings. The molecule has 1 aliphatic carbocycles. The number of fused-ring (bicyclic) bond motifs is 1. The highest BCUT2D eigenvalue weighted by Gasteiger charge is 2.53. The Balaban J connectivity index is 2.44. The Labute approximate surface area is 112 Å². The average Bonchev–Trinajstić information content (AvgIpc) is 2.68. The number of aryl methyl sites for hydroxylation is 1. The lowest BCUT2D eigenvalue weighted by Gasteiger charge is -2.38. The maximum Gasteiger partial charge on any atom is 0.314 e. The number of carbonyl (C=O) groups excluding carboxylic acids is 1. The van der Waals surface area contributed by atoms with Gasteiger partial charge in [0.15, 0.2) is 0 Å². The molecule has 0 radical (unpaired) electrons. The van der Waals surface area contributed by atoms with E-state index in [0.29, 0.717) is 18.4 Å². The number of ether oxygens (including phenoxy) is 1. The van der Waals surface area contributed by atoms with Crippen LogP contribution >= 0.6 is 0 Å². The maximum absolute atomic E-state index is 13.2. The van der Waals surface area contributed by atoms with Gasteiger partial charge < -0.3 is 9.84 Å². The van der Waals surface area contributed by atoms with Crippen molar-refractivity contribution in [3.63, 3.8) is 0 Å². The van der Waals surface area contributed by atoms with Gasteiger partial charge in [-0.2, -0.15) is 0 Å². The number of esters is 1. The summed E-state index contributed by atoms with van der Waals surface area (Å²) in [5.41, 5.74) is -0.971. The third kappa shape index (κ3) is 2.04. The normalized spacial score (nSPS) is 22.2. The highest BCUT2D eigenvalue weighted by Crippen LogP contribution is 2.49. The Kier molecular flexibility index (Phi) is 3.39. The predicted octanol–water partition coefficient (Wildman–Crippen LogP) is 2.55. The molecule has 0 aliphatic heterocycles. The monoisotopic (exact) mass is 266 g/mol. The molecule has 0 bridgehead atoms. The van der Waals surface area contributed by atoms with E-state index < -0.39 is 17.0 Å². The molecule has 0 saturated heterocycles. The van der Waals surface area contributed by atoms with E-state index in [4.69, 9.17) is 4.74 Å². The van der Waals surface area contributed by atoms with Crippen molar-refractivity contribution in [1.29, 1.82) is 0 Å². The molecule has 1 unspecified atom stereocenters. The third-order valence-corrected chi connectivity index (χ3v) is 4.09. The predicted molar refractivity (Wildman–Crippen MR) is 69.0 cm³/mol. The van der Waals surface area contributed by atoms with E-state index in [0.717, 1.165) is 5.56 Å². The molecule has 3 nitrogen and oxygen atoms in total.